The molecule has 1 fully saturated rings. The maximum Gasteiger partial charge on any atom is 0.226 e. The number of nitrogens with zero attached hydrogens (tertiary/aromatic N) is 4. The summed E-state index contributed by atoms with van der Waals surface area (Å²) in [5.74, 6) is 1.82. The van der Waals surface area contributed by atoms with E-state index in [-0.39, 0.29) is 5.92 Å². The van der Waals surface area contributed by atoms with Crippen LogP contribution < -0.4 is 5.32 Å². The fourth-order valence-electron chi connectivity index (χ4n) is 5.64. The number of aryl methyl sites for hydroxylation is 1. The fraction of sp³-hybridized carbons (Fsp3) is 0.345. The minimum atomic E-state index is 0.121. The van der Waals surface area contributed by atoms with Crippen LogP contribution in [0.2, 0.25) is 5.02 Å². The van der Waals surface area contributed by atoms with E-state index in [1.807, 2.05) is 34.8 Å². The highest BCUT2D eigenvalue weighted by molar-refractivity contribution is 9.10. The van der Waals surface area contributed by atoms with E-state index in [1.165, 1.54) is 11.1 Å². The SMILES string of the molecule is O=C(C1CCc2ccccc2C1)N1CCC(CNc2cc(-c3ccccc3Cl)nc3c(Br)cnn23)CC1. The fourth-order valence-corrected chi connectivity index (χ4v) is 6.22. The summed E-state index contributed by atoms with van der Waals surface area (Å²) in [6.45, 7) is 2.47. The third-order valence-corrected chi connectivity index (χ3v) is 8.66. The van der Waals surface area contributed by atoms with Crippen LogP contribution in [0.25, 0.3) is 16.9 Å². The van der Waals surface area contributed by atoms with Gasteiger partial charge >= 0.3 is 0 Å². The zero-order valence-electron chi connectivity index (χ0n) is 20.5. The molecule has 0 spiro atoms. The molecular weight excluding hydrogens is 550 g/mol. The first-order valence-corrected chi connectivity index (χ1v) is 14.1. The lowest BCUT2D eigenvalue weighted by molar-refractivity contribution is -0.137. The summed E-state index contributed by atoms with van der Waals surface area (Å²) in [7, 11) is 0. The number of hydrogen-bond acceptors (Lipinski definition) is 4. The molecule has 1 amide bonds. The van der Waals surface area contributed by atoms with Crippen molar-refractivity contribution in [2.45, 2.75) is 32.1 Å². The Kier molecular flexibility index (Phi) is 6.91. The van der Waals surface area contributed by atoms with E-state index in [0.29, 0.717) is 16.8 Å². The zero-order chi connectivity index (χ0) is 25.4. The quantitative estimate of drug-likeness (QED) is 0.303. The average Bonchev–Trinajstić information content (AvgIpc) is 3.32. The van der Waals surface area contributed by atoms with Gasteiger partial charge in [0.05, 0.1) is 16.4 Å². The zero-order valence-corrected chi connectivity index (χ0v) is 22.9. The van der Waals surface area contributed by atoms with Gasteiger partial charge in [-0.1, -0.05) is 54.1 Å². The molecule has 3 heterocycles. The van der Waals surface area contributed by atoms with E-state index >= 15 is 0 Å². The molecule has 190 valence electrons. The molecule has 37 heavy (non-hydrogen) atoms. The van der Waals surface area contributed by atoms with Crippen LogP contribution in [-0.4, -0.2) is 45.0 Å². The molecule has 6 nitrogen and oxygen atoms in total. The van der Waals surface area contributed by atoms with Crippen LogP contribution in [0.5, 0.6) is 0 Å². The van der Waals surface area contributed by atoms with Crippen LogP contribution in [0.3, 0.4) is 0 Å². The summed E-state index contributed by atoms with van der Waals surface area (Å²) in [4.78, 5) is 20.2. The largest absolute Gasteiger partial charge is 0.370 e. The minimum Gasteiger partial charge on any atom is -0.370 e. The number of piperidine rings is 1. The molecule has 4 aromatic rings. The van der Waals surface area contributed by atoms with E-state index in [2.05, 4.69) is 55.5 Å². The molecule has 0 radical (unpaired) electrons. The van der Waals surface area contributed by atoms with Gasteiger partial charge in [0.1, 0.15) is 5.82 Å². The monoisotopic (exact) mass is 577 g/mol. The van der Waals surface area contributed by atoms with E-state index in [0.717, 1.165) is 78.9 Å². The number of amides is 1. The number of anilines is 1. The number of nitrogens with one attached hydrogen (secondary N) is 1. The van der Waals surface area contributed by atoms with Gasteiger partial charge in [-0.15, -0.1) is 0 Å². The molecule has 6 rings (SSSR count). The van der Waals surface area contributed by atoms with E-state index < -0.39 is 0 Å². The van der Waals surface area contributed by atoms with E-state index in [4.69, 9.17) is 16.6 Å². The molecule has 2 aromatic heterocycles. The first-order valence-electron chi connectivity index (χ1n) is 13.0. The van der Waals surface area contributed by atoms with Gasteiger partial charge in [-0.3, -0.25) is 4.79 Å². The van der Waals surface area contributed by atoms with Gasteiger partial charge in [0, 0.05) is 42.2 Å². The van der Waals surface area contributed by atoms with Gasteiger partial charge in [-0.2, -0.15) is 9.61 Å². The molecule has 1 aliphatic carbocycles. The van der Waals surface area contributed by atoms with Crippen molar-refractivity contribution in [2.75, 3.05) is 25.0 Å². The standard InChI is InChI=1S/C29H29BrClN5O/c30-24-18-33-36-27(16-26(34-28(24)36)23-7-3-4-8-25(23)31)32-17-19-11-13-35(14-12-19)29(37)22-10-9-20-5-1-2-6-21(20)15-22/h1-8,16,18-19,22,32H,9-15,17H2. The van der Waals surface area contributed by atoms with Gasteiger partial charge in [-0.05, 0) is 71.1 Å². The first-order chi connectivity index (χ1) is 18.1. The molecule has 0 bridgehead atoms. The Morgan fingerprint density at radius 2 is 1.81 bits per heavy atom. The van der Waals surface area contributed by atoms with Gasteiger partial charge in [0.25, 0.3) is 0 Å². The van der Waals surface area contributed by atoms with Gasteiger partial charge in [-0.25, -0.2) is 4.98 Å². The van der Waals surface area contributed by atoms with Crippen molar-refractivity contribution in [2.24, 2.45) is 11.8 Å². The highest BCUT2D eigenvalue weighted by atomic mass is 79.9. The number of carbonyl (C=O) groups is 1. The van der Waals surface area contributed by atoms with Gasteiger partial charge in [0.2, 0.25) is 5.91 Å². The van der Waals surface area contributed by atoms with Crippen molar-refractivity contribution in [3.05, 3.63) is 81.4 Å². The molecule has 2 aromatic carbocycles. The number of rotatable bonds is 5. The molecule has 0 saturated carbocycles. The Labute approximate surface area is 230 Å². The second-order valence-electron chi connectivity index (χ2n) is 10.1. The van der Waals surface area contributed by atoms with Gasteiger partial charge < -0.3 is 10.2 Å². The van der Waals surface area contributed by atoms with Crippen LogP contribution in [0.15, 0.2) is 65.3 Å². The van der Waals surface area contributed by atoms with Crippen molar-refractivity contribution in [3.8, 4) is 11.3 Å². The van der Waals surface area contributed by atoms with Crippen molar-refractivity contribution < 1.29 is 4.79 Å². The molecule has 1 unspecified atom stereocenters. The van der Waals surface area contributed by atoms with Crippen LogP contribution >= 0.6 is 27.5 Å². The third-order valence-electron chi connectivity index (χ3n) is 7.77. The number of fused-ring (bicyclic) bond motifs is 2. The normalized spacial score (nSPS) is 18.1. The number of benzene rings is 2. The summed E-state index contributed by atoms with van der Waals surface area (Å²) in [6, 6.07) is 18.3. The van der Waals surface area contributed by atoms with Crippen LogP contribution in [0.4, 0.5) is 5.82 Å². The average molecular weight is 579 g/mol. The lowest BCUT2D eigenvalue weighted by Gasteiger charge is -2.35. The molecule has 1 saturated heterocycles. The number of carbonyl (C=O) groups excluding carboxylic acids is 1. The molecule has 1 N–H and O–H groups in total. The number of hydrogen-bond donors (Lipinski definition) is 1. The first kappa shape index (κ1) is 24.4. The highest BCUT2D eigenvalue weighted by Crippen LogP contribution is 2.31. The second-order valence-corrected chi connectivity index (χ2v) is 11.4. The lowest BCUT2D eigenvalue weighted by Crippen LogP contribution is -2.44. The summed E-state index contributed by atoms with van der Waals surface area (Å²) < 4.78 is 2.66. The van der Waals surface area contributed by atoms with Crippen molar-refractivity contribution in [3.63, 3.8) is 0 Å². The topological polar surface area (TPSA) is 62.5 Å². The van der Waals surface area contributed by atoms with Crippen molar-refractivity contribution in [1.29, 1.82) is 0 Å². The second kappa shape index (κ2) is 10.5. The summed E-state index contributed by atoms with van der Waals surface area (Å²) in [5.41, 5.74) is 5.19. The molecule has 8 heteroatoms. The lowest BCUT2D eigenvalue weighted by atomic mass is 9.82. The summed E-state index contributed by atoms with van der Waals surface area (Å²) in [5, 5.41) is 8.78. The van der Waals surface area contributed by atoms with Crippen LogP contribution in [-0.2, 0) is 17.6 Å². The molecular formula is C29H29BrClN5O. The Morgan fingerprint density at radius 1 is 1.05 bits per heavy atom. The van der Waals surface area contributed by atoms with E-state index in [1.54, 1.807) is 6.20 Å². The smallest absolute Gasteiger partial charge is 0.226 e. The van der Waals surface area contributed by atoms with E-state index in [9.17, 15) is 4.79 Å². The predicted octanol–water partition coefficient (Wildman–Crippen LogP) is 6.27. The van der Waals surface area contributed by atoms with Crippen molar-refractivity contribution in [1.82, 2.24) is 19.5 Å². The number of aromatic nitrogens is 3. The Bertz CT molecular complexity index is 1450. The molecule has 1 atom stereocenters. The summed E-state index contributed by atoms with van der Waals surface area (Å²) in [6.07, 6.45) is 6.60. The molecule has 2 aliphatic rings. The summed E-state index contributed by atoms with van der Waals surface area (Å²) >= 11 is 10.0. The predicted molar refractivity (Wildman–Crippen MR) is 151 cm³/mol. The van der Waals surface area contributed by atoms with Crippen LogP contribution in [0, 0.1) is 11.8 Å². The maximum atomic E-state index is 13.3. The number of likely N-dealkylation sites (tertiary alicyclic amines) is 1. The van der Waals surface area contributed by atoms with Crippen LogP contribution in [0.1, 0.15) is 30.4 Å². The highest BCUT2D eigenvalue weighted by Gasteiger charge is 2.30. The number of halogens is 2. The third kappa shape index (κ3) is 4.99. The minimum absolute atomic E-state index is 0.121. The Hall–Kier alpha value is -2.90. The Balaban J connectivity index is 1.10. The molecule has 1 aliphatic heterocycles. The van der Waals surface area contributed by atoms with Gasteiger partial charge in [0.15, 0.2) is 5.65 Å². The Morgan fingerprint density at radius 3 is 2.62 bits per heavy atom. The maximum absolute atomic E-state index is 13.3. The van der Waals surface area contributed by atoms with Crippen molar-refractivity contribution >= 4 is 44.9 Å².